The second-order valence-electron chi connectivity index (χ2n) is 5.78. The Bertz CT molecular complexity index is 302. The molecule has 2 aliphatic rings. The highest BCUT2D eigenvalue weighted by atomic mass is 35.5. The van der Waals surface area contributed by atoms with Gasteiger partial charge in [-0.3, -0.25) is 9.69 Å². The van der Waals surface area contributed by atoms with E-state index in [1.165, 1.54) is 0 Å². The minimum Gasteiger partial charge on any atom is -0.379 e. The average Bonchev–Trinajstić information content (AvgIpc) is 2.93. The second-order valence-corrected chi connectivity index (χ2v) is 5.78. The number of hydrogen-bond donors (Lipinski definition) is 2. The number of carbonyl (C=O) groups is 1. The van der Waals surface area contributed by atoms with E-state index in [-0.39, 0.29) is 36.6 Å². The van der Waals surface area contributed by atoms with Crippen LogP contribution < -0.4 is 11.1 Å². The second kappa shape index (κ2) is 10.6. The van der Waals surface area contributed by atoms with Crippen LogP contribution in [0.5, 0.6) is 0 Å². The number of carbonyl (C=O) groups excluding carboxylic acids is 1. The van der Waals surface area contributed by atoms with Crippen molar-refractivity contribution < 1.29 is 9.53 Å². The summed E-state index contributed by atoms with van der Waals surface area (Å²) < 4.78 is 5.34. The Morgan fingerprint density at radius 2 is 2.00 bits per heavy atom. The summed E-state index contributed by atoms with van der Waals surface area (Å²) in [6.45, 7) is 7.06. The molecule has 0 bridgehead atoms. The zero-order valence-corrected chi connectivity index (χ0v) is 14.4. The molecule has 1 amide bonds. The summed E-state index contributed by atoms with van der Waals surface area (Å²) in [5.41, 5.74) is 5.73. The van der Waals surface area contributed by atoms with Gasteiger partial charge in [-0.2, -0.15) is 0 Å². The number of rotatable bonds is 5. The molecule has 1 unspecified atom stereocenters. The number of nitrogens with two attached hydrogens (primary N) is 1. The van der Waals surface area contributed by atoms with Gasteiger partial charge < -0.3 is 15.8 Å². The Morgan fingerprint density at radius 1 is 1.33 bits per heavy atom. The topological polar surface area (TPSA) is 67.6 Å². The van der Waals surface area contributed by atoms with Crippen molar-refractivity contribution in [1.82, 2.24) is 10.2 Å². The quantitative estimate of drug-likeness (QED) is 0.784. The fourth-order valence-corrected chi connectivity index (χ4v) is 3.19. The zero-order valence-electron chi connectivity index (χ0n) is 12.8. The molecular formula is C14H29Cl2N3O2. The zero-order chi connectivity index (χ0) is 13.7. The van der Waals surface area contributed by atoms with E-state index < -0.39 is 0 Å². The molecule has 5 nitrogen and oxygen atoms in total. The molecule has 0 aromatic rings. The lowest BCUT2D eigenvalue weighted by atomic mass is 9.95. The summed E-state index contributed by atoms with van der Waals surface area (Å²) in [6.07, 6.45) is 3.24. The third-order valence-corrected chi connectivity index (χ3v) is 4.54. The monoisotopic (exact) mass is 341 g/mol. The fraction of sp³-hybridized carbons (Fsp3) is 0.929. The van der Waals surface area contributed by atoms with E-state index in [0.29, 0.717) is 18.5 Å². The van der Waals surface area contributed by atoms with Crippen LogP contribution in [0.15, 0.2) is 0 Å². The largest absolute Gasteiger partial charge is 0.379 e. The summed E-state index contributed by atoms with van der Waals surface area (Å²) in [5.74, 6) is 0.730. The van der Waals surface area contributed by atoms with Gasteiger partial charge in [-0.05, 0) is 32.2 Å². The molecule has 3 N–H and O–H groups in total. The van der Waals surface area contributed by atoms with Crippen LogP contribution in [-0.2, 0) is 9.53 Å². The molecule has 0 radical (unpaired) electrons. The van der Waals surface area contributed by atoms with E-state index in [4.69, 9.17) is 10.5 Å². The number of hydrogen-bond acceptors (Lipinski definition) is 4. The molecule has 0 spiro atoms. The van der Waals surface area contributed by atoms with Gasteiger partial charge in [-0.25, -0.2) is 0 Å². The van der Waals surface area contributed by atoms with Crippen LogP contribution in [-0.4, -0.2) is 56.2 Å². The molecule has 1 saturated carbocycles. The van der Waals surface area contributed by atoms with Crippen molar-refractivity contribution >= 4 is 30.7 Å². The van der Waals surface area contributed by atoms with E-state index in [0.717, 1.165) is 52.1 Å². The highest BCUT2D eigenvalue weighted by Crippen LogP contribution is 2.30. The Labute approximate surface area is 140 Å². The van der Waals surface area contributed by atoms with Gasteiger partial charge in [0.1, 0.15) is 0 Å². The minimum absolute atomic E-state index is 0. The lowest BCUT2D eigenvalue weighted by Crippen LogP contribution is -2.48. The Balaban J connectivity index is 0.00000200. The van der Waals surface area contributed by atoms with E-state index in [1.807, 2.05) is 0 Å². The van der Waals surface area contributed by atoms with Crippen LogP contribution in [0.3, 0.4) is 0 Å². The number of halogens is 2. The van der Waals surface area contributed by atoms with Crippen molar-refractivity contribution in [3.05, 3.63) is 0 Å². The van der Waals surface area contributed by atoms with Gasteiger partial charge in [0.2, 0.25) is 5.91 Å². The molecular weight excluding hydrogens is 313 g/mol. The highest BCUT2D eigenvalue weighted by molar-refractivity contribution is 5.85. The molecule has 2 rings (SSSR count). The molecule has 1 saturated heterocycles. The van der Waals surface area contributed by atoms with Crippen LogP contribution >= 0.6 is 24.8 Å². The number of nitrogens with zero attached hydrogens (tertiary/aromatic N) is 1. The standard InChI is InChI=1S/C14H27N3O2.2ClH/c1-11(17-5-7-19-8-6-17)10-16-14(18)13-4-2-3-12(13)9-15;;/h11-13H,2-10,15H2,1H3,(H,16,18);2*1H/t11?,12-,13-;;/m1../s1. The normalized spacial score (nSPS) is 27.3. The number of morpholine rings is 1. The van der Waals surface area contributed by atoms with Crippen molar-refractivity contribution in [3.8, 4) is 0 Å². The molecule has 3 atom stereocenters. The molecule has 0 aromatic heterocycles. The first-order chi connectivity index (χ1) is 9.22. The van der Waals surface area contributed by atoms with E-state index in [1.54, 1.807) is 0 Å². The van der Waals surface area contributed by atoms with Crippen molar-refractivity contribution in [1.29, 1.82) is 0 Å². The van der Waals surface area contributed by atoms with Crippen LogP contribution in [0, 0.1) is 11.8 Å². The van der Waals surface area contributed by atoms with Crippen LogP contribution in [0.1, 0.15) is 26.2 Å². The number of ether oxygens (including phenoxy) is 1. The molecule has 2 fully saturated rings. The lowest BCUT2D eigenvalue weighted by Gasteiger charge is -2.32. The summed E-state index contributed by atoms with van der Waals surface area (Å²) >= 11 is 0. The predicted molar refractivity (Wildman–Crippen MR) is 89.2 cm³/mol. The van der Waals surface area contributed by atoms with Crippen LogP contribution in [0.4, 0.5) is 0 Å². The molecule has 1 aliphatic heterocycles. The molecule has 0 aromatic carbocycles. The van der Waals surface area contributed by atoms with Gasteiger partial charge in [-0.15, -0.1) is 24.8 Å². The highest BCUT2D eigenvalue weighted by Gasteiger charge is 2.32. The fourth-order valence-electron chi connectivity index (χ4n) is 3.19. The Hall–Kier alpha value is -0.0700. The molecule has 21 heavy (non-hydrogen) atoms. The summed E-state index contributed by atoms with van der Waals surface area (Å²) in [6, 6.07) is 0.380. The summed E-state index contributed by atoms with van der Waals surface area (Å²) in [5, 5.41) is 3.11. The van der Waals surface area contributed by atoms with Gasteiger partial charge in [0.15, 0.2) is 0 Å². The average molecular weight is 342 g/mol. The predicted octanol–water partition coefficient (Wildman–Crippen LogP) is 1.04. The third kappa shape index (κ3) is 5.91. The third-order valence-electron chi connectivity index (χ3n) is 4.54. The number of amides is 1. The first-order valence-electron chi connectivity index (χ1n) is 7.52. The molecule has 1 heterocycles. The van der Waals surface area contributed by atoms with E-state index >= 15 is 0 Å². The molecule has 126 valence electrons. The van der Waals surface area contributed by atoms with Crippen molar-refractivity contribution in [2.45, 2.75) is 32.2 Å². The van der Waals surface area contributed by atoms with Crippen molar-refractivity contribution in [2.75, 3.05) is 39.4 Å². The maximum atomic E-state index is 12.2. The van der Waals surface area contributed by atoms with Gasteiger partial charge in [0.25, 0.3) is 0 Å². The van der Waals surface area contributed by atoms with E-state index in [2.05, 4.69) is 17.1 Å². The SMILES string of the molecule is CC(CNC(=O)[C@@H]1CCC[C@@H]1CN)N1CCOCC1.Cl.Cl. The maximum Gasteiger partial charge on any atom is 0.223 e. The van der Waals surface area contributed by atoms with E-state index in [9.17, 15) is 4.79 Å². The van der Waals surface area contributed by atoms with Gasteiger partial charge in [0, 0.05) is 31.6 Å². The molecule has 7 heteroatoms. The van der Waals surface area contributed by atoms with Crippen molar-refractivity contribution in [3.63, 3.8) is 0 Å². The molecule has 1 aliphatic carbocycles. The summed E-state index contributed by atoms with van der Waals surface area (Å²) in [7, 11) is 0. The Kier molecular flexibility index (Phi) is 10.6. The van der Waals surface area contributed by atoms with Gasteiger partial charge in [0.05, 0.1) is 13.2 Å². The maximum absolute atomic E-state index is 12.2. The summed E-state index contributed by atoms with van der Waals surface area (Å²) in [4.78, 5) is 14.6. The van der Waals surface area contributed by atoms with Gasteiger partial charge in [-0.1, -0.05) is 6.42 Å². The van der Waals surface area contributed by atoms with Crippen molar-refractivity contribution in [2.24, 2.45) is 17.6 Å². The van der Waals surface area contributed by atoms with Crippen LogP contribution in [0.2, 0.25) is 0 Å². The minimum atomic E-state index is 0. The lowest BCUT2D eigenvalue weighted by molar-refractivity contribution is -0.126. The Morgan fingerprint density at radius 3 is 2.62 bits per heavy atom. The first-order valence-corrected chi connectivity index (χ1v) is 7.52. The number of nitrogens with one attached hydrogen (secondary N) is 1. The van der Waals surface area contributed by atoms with Gasteiger partial charge >= 0.3 is 0 Å². The van der Waals surface area contributed by atoms with Crippen LogP contribution in [0.25, 0.3) is 0 Å². The first kappa shape index (κ1) is 20.9. The smallest absolute Gasteiger partial charge is 0.223 e.